The number of hydrogen-bond donors (Lipinski definition) is 1. The third-order valence-corrected chi connectivity index (χ3v) is 4.30. The van der Waals surface area contributed by atoms with E-state index in [1.165, 1.54) is 6.33 Å². The second-order valence-corrected chi connectivity index (χ2v) is 6.00. The second kappa shape index (κ2) is 6.61. The Kier molecular flexibility index (Phi) is 4.38. The van der Waals surface area contributed by atoms with Crippen molar-refractivity contribution in [1.29, 1.82) is 5.26 Å². The summed E-state index contributed by atoms with van der Waals surface area (Å²) in [5.41, 5.74) is 0.918. The van der Waals surface area contributed by atoms with E-state index in [0.29, 0.717) is 12.1 Å². The number of aromatic nitrogens is 3. The molecule has 118 valence electrons. The van der Waals surface area contributed by atoms with E-state index in [4.69, 9.17) is 0 Å². The van der Waals surface area contributed by atoms with Crippen molar-refractivity contribution in [1.82, 2.24) is 20.1 Å². The monoisotopic (exact) mass is 309 g/mol. The van der Waals surface area contributed by atoms with Crippen LogP contribution >= 0.6 is 0 Å². The number of nitrogens with one attached hydrogen (secondary N) is 1. The van der Waals surface area contributed by atoms with Gasteiger partial charge in [-0.25, -0.2) is 9.67 Å². The van der Waals surface area contributed by atoms with Gasteiger partial charge in [-0.1, -0.05) is 31.4 Å². The fourth-order valence-electron chi connectivity index (χ4n) is 2.97. The van der Waals surface area contributed by atoms with E-state index in [9.17, 15) is 10.1 Å². The van der Waals surface area contributed by atoms with Crippen LogP contribution in [0.5, 0.6) is 0 Å². The van der Waals surface area contributed by atoms with E-state index in [-0.39, 0.29) is 5.91 Å². The van der Waals surface area contributed by atoms with E-state index in [2.05, 4.69) is 21.5 Å². The summed E-state index contributed by atoms with van der Waals surface area (Å²) in [6.07, 6.45) is 7.73. The van der Waals surface area contributed by atoms with Gasteiger partial charge in [-0.3, -0.25) is 4.79 Å². The lowest BCUT2D eigenvalue weighted by Crippen LogP contribution is -2.48. The van der Waals surface area contributed by atoms with Crippen LogP contribution < -0.4 is 5.32 Å². The van der Waals surface area contributed by atoms with E-state index in [0.717, 1.165) is 37.7 Å². The van der Waals surface area contributed by atoms with Crippen LogP contribution in [0.25, 0.3) is 0 Å². The molecule has 6 nitrogen and oxygen atoms in total. The van der Waals surface area contributed by atoms with Gasteiger partial charge in [0.05, 0.1) is 12.6 Å². The summed E-state index contributed by atoms with van der Waals surface area (Å²) in [6.45, 7) is 0.615. The lowest BCUT2D eigenvalue weighted by molar-refractivity contribution is 0.0902. The van der Waals surface area contributed by atoms with Crippen molar-refractivity contribution in [3.05, 3.63) is 48.0 Å². The zero-order valence-corrected chi connectivity index (χ0v) is 12.9. The average Bonchev–Trinajstić information content (AvgIpc) is 3.09. The molecule has 1 aliphatic rings. The summed E-state index contributed by atoms with van der Waals surface area (Å²) >= 11 is 0. The lowest BCUT2D eigenvalue weighted by atomic mass is 9.82. The van der Waals surface area contributed by atoms with Crippen LogP contribution in [0.4, 0.5) is 0 Å². The van der Waals surface area contributed by atoms with Gasteiger partial charge in [0, 0.05) is 5.56 Å². The minimum absolute atomic E-state index is 0.180. The molecule has 0 radical (unpaired) electrons. The first kappa shape index (κ1) is 15.2. The van der Waals surface area contributed by atoms with Crippen LogP contribution in [0.2, 0.25) is 0 Å². The van der Waals surface area contributed by atoms with E-state index >= 15 is 0 Å². The van der Waals surface area contributed by atoms with Gasteiger partial charge in [0.2, 0.25) is 0 Å². The predicted octanol–water partition coefficient (Wildman–Crippen LogP) is 2.28. The smallest absolute Gasteiger partial charge is 0.252 e. The van der Waals surface area contributed by atoms with Gasteiger partial charge in [0.25, 0.3) is 5.91 Å². The summed E-state index contributed by atoms with van der Waals surface area (Å²) in [6, 6.07) is 9.68. The highest BCUT2D eigenvalue weighted by Gasteiger charge is 2.33. The maximum absolute atomic E-state index is 12.4. The highest BCUT2D eigenvalue weighted by atomic mass is 16.1. The second-order valence-electron chi connectivity index (χ2n) is 6.00. The maximum atomic E-state index is 12.4. The van der Waals surface area contributed by atoms with Gasteiger partial charge in [0.1, 0.15) is 18.2 Å². The highest BCUT2D eigenvalue weighted by Crippen LogP contribution is 2.27. The van der Waals surface area contributed by atoms with Crippen LogP contribution in [0.3, 0.4) is 0 Å². The van der Waals surface area contributed by atoms with E-state index in [1.807, 2.05) is 12.1 Å². The molecule has 1 fully saturated rings. The number of carbonyl (C=O) groups excluding carboxylic acids is 1. The van der Waals surface area contributed by atoms with E-state index < -0.39 is 5.54 Å². The molecule has 23 heavy (non-hydrogen) atoms. The fraction of sp³-hybridized carbons (Fsp3) is 0.412. The van der Waals surface area contributed by atoms with Crippen molar-refractivity contribution < 1.29 is 4.79 Å². The Morgan fingerprint density at radius 3 is 2.61 bits per heavy atom. The molecule has 1 aromatic carbocycles. The van der Waals surface area contributed by atoms with Crippen molar-refractivity contribution in [3.63, 3.8) is 0 Å². The average molecular weight is 309 g/mol. The molecule has 0 spiro atoms. The molecule has 0 unspecified atom stereocenters. The third kappa shape index (κ3) is 3.57. The topological polar surface area (TPSA) is 83.6 Å². The summed E-state index contributed by atoms with van der Waals surface area (Å²) in [5, 5.41) is 16.4. The minimum Gasteiger partial charge on any atom is -0.334 e. The van der Waals surface area contributed by atoms with Gasteiger partial charge in [-0.05, 0) is 30.5 Å². The molecule has 0 bridgehead atoms. The zero-order chi connectivity index (χ0) is 16.1. The molecule has 1 aromatic heterocycles. The van der Waals surface area contributed by atoms with E-state index in [1.54, 1.807) is 23.1 Å². The van der Waals surface area contributed by atoms with Gasteiger partial charge in [-0.2, -0.15) is 10.4 Å². The Balaban J connectivity index is 1.66. The first-order valence-electron chi connectivity index (χ1n) is 7.86. The molecule has 1 amide bonds. The fourth-order valence-corrected chi connectivity index (χ4v) is 2.97. The quantitative estimate of drug-likeness (QED) is 0.939. The van der Waals surface area contributed by atoms with Crippen LogP contribution in [0, 0.1) is 11.3 Å². The van der Waals surface area contributed by atoms with Gasteiger partial charge < -0.3 is 5.32 Å². The molecule has 0 atom stereocenters. The SMILES string of the molecule is N#CC1(NC(=O)c2ccc(Cn3cncn3)cc2)CCCCC1. The first-order valence-corrected chi connectivity index (χ1v) is 7.86. The lowest BCUT2D eigenvalue weighted by Gasteiger charge is -2.31. The number of amides is 1. The summed E-state index contributed by atoms with van der Waals surface area (Å²) in [7, 11) is 0. The molecule has 0 saturated heterocycles. The zero-order valence-electron chi connectivity index (χ0n) is 12.9. The van der Waals surface area contributed by atoms with Gasteiger partial charge in [-0.15, -0.1) is 0 Å². The van der Waals surface area contributed by atoms with Gasteiger partial charge in [0.15, 0.2) is 0 Å². The number of hydrogen-bond acceptors (Lipinski definition) is 4. The predicted molar refractivity (Wildman–Crippen MR) is 84.5 cm³/mol. The summed E-state index contributed by atoms with van der Waals surface area (Å²) in [4.78, 5) is 16.3. The van der Waals surface area contributed by atoms with Crippen molar-refractivity contribution in [3.8, 4) is 6.07 Å². The third-order valence-electron chi connectivity index (χ3n) is 4.30. The van der Waals surface area contributed by atoms with Crippen LogP contribution in [0.15, 0.2) is 36.9 Å². The molecule has 2 aromatic rings. The highest BCUT2D eigenvalue weighted by molar-refractivity contribution is 5.95. The Bertz CT molecular complexity index is 694. The number of rotatable bonds is 4. The number of nitrogens with zero attached hydrogens (tertiary/aromatic N) is 4. The Morgan fingerprint density at radius 2 is 2.00 bits per heavy atom. The molecule has 1 heterocycles. The van der Waals surface area contributed by atoms with Crippen LogP contribution in [-0.4, -0.2) is 26.2 Å². The van der Waals surface area contributed by atoms with Gasteiger partial charge >= 0.3 is 0 Å². The Morgan fingerprint density at radius 1 is 1.26 bits per heavy atom. The van der Waals surface area contributed by atoms with Crippen molar-refractivity contribution in [2.75, 3.05) is 0 Å². The normalized spacial score (nSPS) is 16.5. The van der Waals surface area contributed by atoms with Crippen LogP contribution in [0.1, 0.15) is 48.0 Å². The molecular weight excluding hydrogens is 290 g/mol. The minimum atomic E-state index is -0.700. The molecule has 3 rings (SSSR count). The largest absolute Gasteiger partial charge is 0.334 e. The van der Waals surface area contributed by atoms with Crippen molar-refractivity contribution in [2.24, 2.45) is 0 Å². The molecule has 1 saturated carbocycles. The maximum Gasteiger partial charge on any atom is 0.252 e. The Labute approximate surface area is 135 Å². The molecule has 6 heteroatoms. The molecule has 1 N–H and O–H groups in total. The Hall–Kier alpha value is -2.68. The van der Waals surface area contributed by atoms with Crippen molar-refractivity contribution >= 4 is 5.91 Å². The van der Waals surface area contributed by atoms with Crippen LogP contribution in [-0.2, 0) is 6.54 Å². The summed E-state index contributed by atoms with van der Waals surface area (Å²) < 4.78 is 1.72. The summed E-state index contributed by atoms with van der Waals surface area (Å²) in [5.74, 6) is -0.180. The number of carbonyl (C=O) groups is 1. The number of nitriles is 1. The first-order chi connectivity index (χ1) is 11.2. The molecule has 0 aliphatic heterocycles. The molecule has 1 aliphatic carbocycles. The molecular formula is C17H19N5O. The van der Waals surface area contributed by atoms with Crippen molar-refractivity contribution in [2.45, 2.75) is 44.2 Å². The standard InChI is InChI=1S/C17H19N5O/c18-11-17(8-2-1-3-9-17)21-16(23)15-6-4-14(5-7-15)10-22-13-19-12-20-22/h4-7,12-13H,1-3,8-10H2,(H,21,23). The number of benzene rings is 1.